The maximum absolute atomic E-state index is 11.6. The van der Waals surface area contributed by atoms with Gasteiger partial charge in [0.05, 0.1) is 19.3 Å². The summed E-state index contributed by atoms with van der Waals surface area (Å²) in [6.07, 6.45) is 2.07. The van der Waals surface area contributed by atoms with E-state index >= 15 is 0 Å². The smallest absolute Gasteiger partial charge is 0.313 e. The number of hydrogen-bond donors (Lipinski definition) is 3. The first-order valence-corrected chi connectivity index (χ1v) is 6.68. The number of H-pyrrole nitrogens is 1. The SMILES string of the molecule is CC1(C(=O)O)COCC1Nc1cc(=O)[nH]c(C2CC2)n1. The quantitative estimate of drug-likeness (QED) is 0.743. The molecule has 3 N–H and O–H groups in total. The number of hydrogen-bond acceptors (Lipinski definition) is 5. The summed E-state index contributed by atoms with van der Waals surface area (Å²) in [5.41, 5.74) is -1.23. The van der Waals surface area contributed by atoms with E-state index in [1.165, 1.54) is 6.07 Å². The van der Waals surface area contributed by atoms with Crippen molar-refractivity contribution in [1.29, 1.82) is 0 Å². The second-order valence-electron chi connectivity index (χ2n) is 5.72. The largest absolute Gasteiger partial charge is 0.481 e. The van der Waals surface area contributed by atoms with Gasteiger partial charge < -0.3 is 20.1 Å². The van der Waals surface area contributed by atoms with Crippen LogP contribution in [-0.4, -0.2) is 40.3 Å². The van der Waals surface area contributed by atoms with Gasteiger partial charge in [-0.1, -0.05) is 0 Å². The zero-order chi connectivity index (χ0) is 14.3. The van der Waals surface area contributed by atoms with E-state index in [4.69, 9.17) is 4.74 Å². The molecular weight excluding hydrogens is 262 g/mol. The van der Waals surface area contributed by atoms with Gasteiger partial charge in [0.1, 0.15) is 17.1 Å². The highest BCUT2D eigenvalue weighted by Gasteiger charge is 2.47. The van der Waals surface area contributed by atoms with E-state index in [0.29, 0.717) is 17.6 Å². The van der Waals surface area contributed by atoms with Crippen LogP contribution in [0.1, 0.15) is 31.5 Å². The first-order chi connectivity index (χ1) is 9.49. The lowest BCUT2D eigenvalue weighted by atomic mass is 9.85. The average molecular weight is 279 g/mol. The van der Waals surface area contributed by atoms with Gasteiger partial charge in [0.2, 0.25) is 0 Å². The molecule has 0 spiro atoms. The maximum atomic E-state index is 11.6. The number of carbonyl (C=O) groups is 1. The summed E-state index contributed by atoms with van der Waals surface area (Å²) in [4.78, 5) is 30.1. The molecule has 7 nitrogen and oxygen atoms in total. The minimum absolute atomic E-state index is 0.151. The predicted octanol–water partition coefficient (Wildman–Crippen LogP) is 0.549. The van der Waals surface area contributed by atoms with Crippen molar-refractivity contribution in [3.8, 4) is 0 Å². The van der Waals surface area contributed by atoms with E-state index in [2.05, 4.69) is 15.3 Å². The zero-order valence-corrected chi connectivity index (χ0v) is 11.2. The fourth-order valence-corrected chi connectivity index (χ4v) is 2.36. The van der Waals surface area contributed by atoms with Crippen LogP contribution in [-0.2, 0) is 9.53 Å². The third kappa shape index (κ3) is 2.29. The molecule has 7 heteroatoms. The normalized spacial score (nSPS) is 29.4. The Morgan fingerprint density at radius 2 is 2.35 bits per heavy atom. The van der Waals surface area contributed by atoms with E-state index in [1.54, 1.807) is 6.92 Å². The number of aliphatic carboxylic acids is 1. The first kappa shape index (κ1) is 13.1. The minimum atomic E-state index is -1.01. The fourth-order valence-electron chi connectivity index (χ4n) is 2.36. The summed E-state index contributed by atoms with van der Waals surface area (Å²) >= 11 is 0. The molecule has 2 fully saturated rings. The van der Waals surface area contributed by atoms with Crippen LogP contribution in [0.4, 0.5) is 5.82 Å². The highest BCUT2D eigenvalue weighted by atomic mass is 16.5. The Kier molecular flexibility index (Phi) is 3.01. The van der Waals surface area contributed by atoms with Crippen LogP contribution >= 0.6 is 0 Å². The van der Waals surface area contributed by atoms with Crippen LogP contribution in [0.15, 0.2) is 10.9 Å². The Morgan fingerprint density at radius 3 is 3.00 bits per heavy atom. The molecule has 1 saturated carbocycles. The number of nitrogens with one attached hydrogen (secondary N) is 2. The van der Waals surface area contributed by atoms with E-state index in [9.17, 15) is 14.7 Å². The number of carboxylic acids is 1. The maximum Gasteiger partial charge on any atom is 0.313 e. The molecule has 1 saturated heterocycles. The van der Waals surface area contributed by atoms with Crippen molar-refractivity contribution < 1.29 is 14.6 Å². The van der Waals surface area contributed by atoms with Gasteiger partial charge in [0.15, 0.2) is 0 Å². The second-order valence-corrected chi connectivity index (χ2v) is 5.72. The Hall–Kier alpha value is -1.89. The summed E-state index contributed by atoms with van der Waals surface area (Å²) in [6, 6.07) is 0.952. The second kappa shape index (κ2) is 4.59. The monoisotopic (exact) mass is 279 g/mol. The molecule has 20 heavy (non-hydrogen) atoms. The highest BCUT2D eigenvalue weighted by molar-refractivity contribution is 5.76. The molecule has 2 heterocycles. The van der Waals surface area contributed by atoms with Crippen molar-refractivity contribution in [2.75, 3.05) is 18.5 Å². The van der Waals surface area contributed by atoms with Gasteiger partial charge in [-0.2, -0.15) is 0 Å². The number of aromatic amines is 1. The molecule has 1 aliphatic carbocycles. The molecule has 1 aromatic heterocycles. The third-order valence-corrected chi connectivity index (χ3v) is 3.99. The van der Waals surface area contributed by atoms with Crippen molar-refractivity contribution in [2.24, 2.45) is 5.41 Å². The van der Waals surface area contributed by atoms with Crippen molar-refractivity contribution in [3.63, 3.8) is 0 Å². The molecule has 0 aromatic carbocycles. The molecule has 2 atom stereocenters. The number of anilines is 1. The predicted molar refractivity (Wildman–Crippen MR) is 70.8 cm³/mol. The van der Waals surface area contributed by atoms with Gasteiger partial charge in [0.25, 0.3) is 5.56 Å². The van der Waals surface area contributed by atoms with Gasteiger partial charge in [0, 0.05) is 12.0 Å². The summed E-state index contributed by atoms with van der Waals surface area (Å²) in [7, 11) is 0. The van der Waals surface area contributed by atoms with Crippen LogP contribution in [0.2, 0.25) is 0 Å². The lowest BCUT2D eigenvalue weighted by molar-refractivity contribution is -0.148. The Balaban J connectivity index is 1.84. The lowest BCUT2D eigenvalue weighted by Crippen LogP contribution is -2.43. The molecule has 2 aliphatic rings. The Morgan fingerprint density at radius 1 is 1.60 bits per heavy atom. The van der Waals surface area contributed by atoms with Crippen molar-refractivity contribution in [2.45, 2.75) is 31.7 Å². The minimum Gasteiger partial charge on any atom is -0.481 e. The third-order valence-electron chi connectivity index (χ3n) is 3.99. The van der Waals surface area contributed by atoms with Crippen molar-refractivity contribution in [1.82, 2.24) is 9.97 Å². The van der Waals surface area contributed by atoms with E-state index in [0.717, 1.165) is 12.8 Å². The van der Waals surface area contributed by atoms with Crippen LogP contribution in [0, 0.1) is 5.41 Å². The molecule has 1 aromatic rings. The molecule has 0 amide bonds. The standard InChI is InChI=1S/C13H17N3O4/c1-13(12(18)19)6-20-5-8(13)14-9-4-10(17)16-11(15-9)7-2-3-7/h4,7-8H,2-3,5-6H2,1H3,(H,18,19)(H2,14,15,16,17). The van der Waals surface area contributed by atoms with Crippen molar-refractivity contribution in [3.05, 3.63) is 22.2 Å². The summed E-state index contributed by atoms with van der Waals surface area (Å²) in [5, 5.41) is 12.4. The number of carboxylic acid groups (broad SMARTS) is 1. The number of rotatable bonds is 4. The number of nitrogens with zero attached hydrogens (tertiary/aromatic N) is 1. The molecule has 108 valence electrons. The van der Waals surface area contributed by atoms with E-state index in [-0.39, 0.29) is 18.8 Å². The molecule has 2 unspecified atom stereocenters. The molecule has 1 aliphatic heterocycles. The lowest BCUT2D eigenvalue weighted by Gasteiger charge is -2.25. The Labute approximate surface area is 115 Å². The number of ether oxygens (including phenoxy) is 1. The van der Waals surface area contributed by atoms with Gasteiger partial charge >= 0.3 is 5.97 Å². The van der Waals surface area contributed by atoms with Gasteiger partial charge in [-0.25, -0.2) is 4.98 Å². The topological polar surface area (TPSA) is 104 Å². The summed E-state index contributed by atoms with van der Waals surface area (Å²) in [6.45, 7) is 2.07. The van der Waals surface area contributed by atoms with Gasteiger partial charge in [-0.15, -0.1) is 0 Å². The van der Waals surface area contributed by atoms with E-state index < -0.39 is 17.4 Å². The molecule has 0 bridgehead atoms. The molecule has 0 radical (unpaired) electrons. The van der Waals surface area contributed by atoms with Gasteiger partial charge in [-0.3, -0.25) is 9.59 Å². The highest BCUT2D eigenvalue weighted by Crippen LogP contribution is 2.38. The van der Waals surface area contributed by atoms with E-state index in [1.807, 2.05) is 0 Å². The van der Waals surface area contributed by atoms with Gasteiger partial charge in [-0.05, 0) is 19.8 Å². The molecule has 3 rings (SSSR count). The van der Waals surface area contributed by atoms with Crippen LogP contribution < -0.4 is 10.9 Å². The fraction of sp³-hybridized carbons (Fsp3) is 0.615. The Bertz CT molecular complexity index is 596. The summed E-state index contributed by atoms with van der Waals surface area (Å²) in [5.74, 6) is 0.504. The molecular formula is C13H17N3O4. The van der Waals surface area contributed by atoms with Crippen LogP contribution in [0.3, 0.4) is 0 Å². The zero-order valence-electron chi connectivity index (χ0n) is 11.2. The average Bonchev–Trinajstić information content (AvgIpc) is 3.15. The first-order valence-electron chi connectivity index (χ1n) is 6.68. The van der Waals surface area contributed by atoms with Crippen molar-refractivity contribution >= 4 is 11.8 Å². The summed E-state index contributed by atoms with van der Waals surface area (Å²) < 4.78 is 5.27. The van der Waals surface area contributed by atoms with Crippen LogP contribution in [0.25, 0.3) is 0 Å². The van der Waals surface area contributed by atoms with Crippen LogP contribution in [0.5, 0.6) is 0 Å². The number of aromatic nitrogens is 2.